The topological polar surface area (TPSA) is 59.5 Å². The summed E-state index contributed by atoms with van der Waals surface area (Å²) in [6.45, 7) is 5.14. The zero-order chi connectivity index (χ0) is 21.3. The van der Waals surface area contributed by atoms with E-state index in [1.54, 1.807) is 34.9 Å². The number of methoxy groups -OCH3 is 1. The van der Waals surface area contributed by atoms with Crippen molar-refractivity contribution in [2.45, 2.75) is 38.1 Å². The van der Waals surface area contributed by atoms with Gasteiger partial charge < -0.3 is 4.74 Å². The average Bonchev–Trinajstić information content (AvgIpc) is 3.17. The van der Waals surface area contributed by atoms with Crippen molar-refractivity contribution in [1.29, 1.82) is 0 Å². The lowest BCUT2D eigenvalue weighted by molar-refractivity contribution is 0.393. The molecular formula is C23H26N2O3S2. The summed E-state index contributed by atoms with van der Waals surface area (Å²) in [4.78, 5) is 6.14. The van der Waals surface area contributed by atoms with Gasteiger partial charge in [-0.25, -0.2) is 13.4 Å². The second-order valence-electron chi connectivity index (χ2n) is 7.95. The SMILES string of the molecule is COc1ccc(-c2nc3c(s2)CN(S(=O)(=O)c2ccc(CC(C)C)cc2)CC3)cc1. The Bertz CT molecular complexity index is 1120. The molecule has 0 saturated carbocycles. The molecular weight excluding hydrogens is 416 g/mol. The van der Waals surface area contributed by atoms with E-state index in [0.29, 0.717) is 30.3 Å². The highest BCUT2D eigenvalue weighted by atomic mass is 32.2. The van der Waals surface area contributed by atoms with Crippen molar-refractivity contribution >= 4 is 21.4 Å². The van der Waals surface area contributed by atoms with Crippen LogP contribution < -0.4 is 4.74 Å². The van der Waals surface area contributed by atoms with Gasteiger partial charge in [-0.2, -0.15) is 4.31 Å². The molecule has 4 rings (SSSR count). The first kappa shape index (κ1) is 21.0. The van der Waals surface area contributed by atoms with E-state index >= 15 is 0 Å². The third-order valence-electron chi connectivity index (χ3n) is 5.24. The van der Waals surface area contributed by atoms with Crippen LogP contribution in [0.2, 0.25) is 0 Å². The molecule has 0 aliphatic carbocycles. The smallest absolute Gasteiger partial charge is 0.243 e. The molecule has 2 aromatic carbocycles. The van der Waals surface area contributed by atoms with Crippen LogP contribution in [-0.4, -0.2) is 31.4 Å². The fourth-order valence-corrected chi connectivity index (χ4v) is 6.27. The molecule has 0 bridgehead atoms. The van der Waals surface area contributed by atoms with Gasteiger partial charge in [-0.3, -0.25) is 0 Å². The molecule has 1 aromatic heterocycles. The maximum Gasteiger partial charge on any atom is 0.243 e. The van der Waals surface area contributed by atoms with Crippen molar-refractivity contribution in [2.24, 2.45) is 5.92 Å². The molecule has 7 heteroatoms. The van der Waals surface area contributed by atoms with Gasteiger partial charge in [0, 0.05) is 23.4 Å². The lowest BCUT2D eigenvalue weighted by Crippen LogP contribution is -2.35. The summed E-state index contributed by atoms with van der Waals surface area (Å²) in [5.74, 6) is 1.34. The van der Waals surface area contributed by atoms with E-state index in [9.17, 15) is 8.42 Å². The quantitative estimate of drug-likeness (QED) is 0.552. The highest BCUT2D eigenvalue weighted by Gasteiger charge is 2.30. The lowest BCUT2D eigenvalue weighted by Gasteiger charge is -2.25. The molecule has 5 nitrogen and oxygen atoms in total. The molecule has 1 aliphatic rings. The fraction of sp³-hybridized carbons (Fsp3) is 0.348. The van der Waals surface area contributed by atoms with E-state index in [1.165, 1.54) is 0 Å². The van der Waals surface area contributed by atoms with Crippen molar-refractivity contribution < 1.29 is 13.2 Å². The number of aromatic nitrogens is 1. The van der Waals surface area contributed by atoms with Crippen LogP contribution >= 0.6 is 11.3 Å². The van der Waals surface area contributed by atoms with Gasteiger partial charge in [0.05, 0.1) is 24.2 Å². The Morgan fingerprint density at radius 1 is 1.10 bits per heavy atom. The van der Waals surface area contributed by atoms with Crippen molar-refractivity contribution in [1.82, 2.24) is 9.29 Å². The molecule has 158 valence electrons. The number of thiazole rings is 1. The summed E-state index contributed by atoms with van der Waals surface area (Å²) >= 11 is 1.57. The van der Waals surface area contributed by atoms with Crippen LogP contribution in [0.25, 0.3) is 10.6 Å². The lowest BCUT2D eigenvalue weighted by atomic mass is 10.0. The first-order chi connectivity index (χ1) is 14.4. The van der Waals surface area contributed by atoms with Crippen molar-refractivity contribution in [3.63, 3.8) is 0 Å². The van der Waals surface area contributed by atoms with E-state index in [2.05, 4.69) is 13.8 Å². The maximum atomic E-state index is 13.2. The van der Waals surface area contributed by atoms with E-state index in [-0.39, 0.29) is 0 Å². The van der Waals surface area contributed by atoms with Crippen molar-refractivity contribution in [3.8, 4) is 16.3 Å². The van der Waals surface area contributed by atoms with Crippen molar-refractivity contribution in [3.05, 3.63) is 64.7 Å². The van der Waals surface area contributed by atoms with Gasteiger partial charge >= 0.3 is 0 Å². The number of rotatable bonds is 6. The normalized spacial score (nSPS) is 14.7. The Morgan fingerprint density at radius 2 is 1.80 bits per heavy atom. The minimum Gasteiger partial charge on any atom is -0.497 e. The van der Waals surface area contributed by atoms with E-state index in [4.69, 9.17) is 9.72 Å². The van der Waals surface area contributed by atoms with E-state index in [1.807, 2.05) is 36.4 Å². The Morgan fingerprint density at radius 3 is 2.43 bits per heavy atom. The van der Waals surface area contributed by atoms with Crippen LogP contribution in [0, 0.1) is 5.92 Å². The average molecular weight is 443 g/mol. The molecule has 0 atom stereocenters. The summed E-state index contributed by atoms with van der Waals surface area (Å²) < 4.78 is 33.1. The number of benzene rings is 2. The van der Waals surface area contributed by atoms with Crippen LogP contribution in [-0.2, 0) is 29.4 Å². The first-order valence-electron chi connectivity index (χ1n) is 10.1. The van der Waals surface area contributed by atoms with Gasteiger partial charge in [0.2, 0.25) is 10.0 Å². The highest BCUT2D eigenvalue weighted by molar-refractivity contribution is 7.89. The Kier molecular flexibility index (Phi) is 5.95. The number of fused-ring (bicyclic) bond motifs is 1. The Labute approximate surface area is 182 Å². The molecule has 0 unspecified atom stereocenters. The van der Waals surface area contributed by atoms with Crippen LogP contribution in [0.4, 0.5) is 0 Å². The van der Waals surface area contributed by atoms with Crippen LogP contribution in [0.5, 0.6) is 5.75 Å². The number of ether oxygens (including phenoxy) is 1. The second-order valence-corrected chi connectivity index (χ2v) is 11.0. The third-order valence-corrected chi connectivity index (χ3v) is 8.23. The first-order valence-corrected chi connectivity index (χ1v) is 12.3. The zero-order valence-electron chi connectivity index (χ0n) is 17.5. The van der Waals surface area contributed by atoms with Gasteiger partial charge in [0.1, 0.15) is 10.8 Å². The fourth-order valence-electron chi connectivity index (χ4n) is 3.65. The summed E-state index contributed by atoms with van der Waals surface area (Å²) in [5, 5.41) is 0.917. The van der Waals surface area contributed by atoms with Crippen LogP contribution in [0.1, 0.15) is 30.0 Å². The number of hydrogen-bond acceptors (Lipinski definition) is 5. The summed E-state index contributed by atoms with van der Waals surface area (Å²) in [7, 11) is -1.88. The van der Waals surface area contributed by atoms with Gasteiger partial charge in [-0.05, 0) is 54.3 Å². The maximum absolute atomic E-state index is 13.2. The molecule has 2 heterocycles. The molecule has 3 aromatic rings. The second kappa shape index (κ2) is 8.49. The number of sulfonamides is 1. The highest BCUT2D eigenvalue weighted by Crippen LogP contribution is 2.34. The standard InChI is InChI=1S/C23H26N2O3S2/c1-16(2)14-17-4-10-20(11-5-17)30(26,27)25-13-12-21-22(15-25)29-23(24-21)18-6-8-19(28-3)9-7-18/h4-11,16H,12-15H2,1-3H3. The monoisotopic (exact) mass is 442 g/mol. The molecule has 1 aliphatic heterocycles. The zero-order valence-corrected chi connectivity index (χ0v) is 19.1. The van der Waals surface area contributed by atoms with Gasteiger partial charge in [0.25, 0.3) is 0 Å². The predicted octanol–water partition coefficient (Wildman–Crippen LogP) is 4.76. The van der Waals surface area contributed by atoms with Crippen LogP contribution in [0.15, 0.2) is 53.4 Å². The predicted molar refractivity (Wildman–Crippen MR) is 120 cm³/mol. The molecule has 30 heavy (non-hydrogen) atoms. The molecule has 0 saturated heterocycles. The summed E-state index contributed by atoms with van der Waals surface area (Å²) in [5.41, 5.74) is 3.19. The molecule has 0 spiro atoms. The Balaban J connectivity index is 1.53. The summed E-state index contributed by atoms with van der Waals surface area (Å²) in [6, 6.07) is 15.1. The molecule has 0 N–H and O–H groups in total. The van der Waals surface area contributed by atoms with Crippen LogP contribution in [0.3, 0.4) is 0 Å². The van der Waals surface area contributed by atoms with Gasteiger partial charge in [-0.15, -0.1) is 11.3 Å². The molecule has 0 amide bonds. The largest absolute Gasteiger partial charge is 0.497 e. The van der Waals surface area contributed by atoms with Crippen molar-refractivity contribution in [2.75, 3.05) is 13.7 Å². The minimum absolute atomic E-state index is 0.360. The van der Waals surface area contributed by atoms with Gasteiger partial charge in [0.15, 0.2) is 0 Å². The minimum atomic E-state index is -3.52. The third kappa shape index (κ3) is 4.29. The van der Waals surface area contributed by atoms with E-state index in [0.717, 1.165) is 38.9 Å². The molecule has 0 radical (unpaired) electrons. The van der Waals surface area contributed by atoms with E-state index < -0.39 is 10.0 Å². The number of hydrogen-bond donors (Lipinski definition) is 0. The number of nitrogens with zero attached hydrogens (tertiary/aromatic N) is 2. The molecule has 0 fully saturated rings. The van der Waals surface area contributed by atoms with Gasteiger partial charge in [-0.1, -0.05) is 26.0 Å². The summed E-state index contributed by atoms with van der Waals surface area (Å²) in [6.07, 6.45) is 1.58. The Hall–Kier alpha value is -2.22.